The zero-order valence-corrected chi connectivity index (χ0v) is 13.3. The van der Waals surface area contributed by atoms with E-state index in [0.29, 0.717) is 29.2 Å². The molecule has 4 aromatic heterocycles. The van der Waals surface area contributed by atoms with Gasteiger partial charge in [0.2, 0.25) is 16.9 Å². The van der Waals surface area contributed by atoms with Gasteiger partial charge in [-0.1, -0.05) is 16.9 Å². The van der Waals surface area contributed by atoms with Crippen LogP contribution in [0.15, 0.2) is 49.3 Å². The number of hydrogen-bond donors (Lipinski definition) is 0. The normalized spacial score (nSPS) is 11.1. The van der Waals surface area contributed by atoms with Gasteiger partial charge in [-0.05, 0) is 34.0 Å². The van der Waals surface area contributed by atoms with Gasteiger partial charge >= 0.3 is 0 Å². The maximum Gasteiger partial charge on any atom is 0.237 e. The van der Waals surface area contributed by atoms with Gasteiger partial charge in [0.1, 0.15) is 12.3 Å². The first kappa shape index (κ1) is 14.2. The summed E-state index contributed by atoms with van der Waals surface area (Å²) in [5, 5.41) is 20.3. The van der Waals surface area contributed by atoms with Gasteiger partial charge in [0.25, 0.3) is 0 Å². The highest BCUT2D eigenvalue weighted by Gasteiger charge is 2.13. The molecule has 0 radical (unpaired) electrons. The lowest BCUT2D eigenvalue weighted by Crippen LogP contribution is -2.03. The van der Waals surface area contributed by atoms with Crippen molar-refractivity contribution in [3.05, 3.63) is 46.9 Å². The summed E-state index contributed by atoms with van der Waals surface area (Å²) in [4.78, 5) is 4.37. The molecule has 0 saturated heterocycles. The second kappa shape index (κ2) is 6.34. The summed E-state index contributed by atoms with van der Waals surface area (Å²) in [6.45, 7) is 0.478. The van der Waals surface area contributed by atoms with Crippen molar-refractivity contribution in [1.29, 1.82) is 0 Å². The van der Waals surface area contributed by atoms with Crippen molar-refractivity contribution >= 4 is 23.1 Å². The Morgan fingerprint density at radius 2 is 2.30 bits per heavy atom. The maximum absolute atomic E-state index is 5.30. The van der Waals surface area contributed by atoms with Gasteiger partial charge in [-0.3, -0.25) is 0 Å². The van der Waals surface area contributed by atoms with E-state index in [1.54, 1.807) is 22.3 Å². The Balaban J connectivity index is 1.43. The molecule has 116 valence electrons. The second-order valence-electron chi connectivity index (χ2n) is 4.51. The Kier molecular flexibility index (Phi) is 3.90. The van der Waals surface area contributed by atoms with Crippen LogP contribution in [0.3, 0.4) is 0 Å². The highest BCUT2D eigenvalue weighted by molar-refractivity contribution is 7.98. The van der Waals surface area contributed by atoms with E-state index >= 15 is 0 Å². The third-order valence-electron chi connectivity index (χ3n) is 2.96. The van der Waals surface area contributed by atoms with E-state index in [-0.39, 0.29) is 0 Å². The monoisotopic (exact) mass is 346 g/mol. The van der Waals surface area contributed by atoms with Crippen LogP contribution in [0.2, 0.25) is 0 Å². The molecule has 4 rings (SSSR count). The minimum atomic E-state index is 0.478. The molecule has 0 aromatic carbocycles. The molecular weight excluding hydrogens is 336 g/mol. The predicted molar refractivity (Wildman–Crippen MR) is 82.8 cm³/mol. The number of nitrogens with zero attached hydrogens (tertiary/aromatic N) is 6. The van der Waals surface area contributed by atoms with Crippen LogP contribution in [0.1, 0.15) is 11.7 Å². The summed E-state index contributed by atoms with van der Waals surface area (Å²) < 4.78 is 12.2. The quantitative estimate of drug-likeness (QED) is 0.492. The number of thioether (sulfide) groups is 1. The summed E-state index contributed by atoms with van der Waals surface area (Å²) in [5.41, 5.74) is 0.956. The minimum absolute atomic E-state index is 0.478. The van der Waals surface area contributed by atoms with Crippen molar-refractivity contribution < 1.29 is 8.94 Å². The number of thiophene rings is 1. The Bertz CT molecular complexity index is 868. The van der Waals surface area contributed by atoms with Crippen molar-refractivity contribution in [2.45, 2.75) is 17.5 Å². The molecule has 10 heteroatoms. The topological polar surface area (TPSA) is 95.7 Å². The smallest absolute Gasteiger partial charge is 0.237 e. The van der Waals surface area contributed by atoms with Crippen LogP contribution in [-0.2, 0) is 12.3 Å². The van der Waals surface area contributed by atoms with Crippen molar-refractivity contribution in [3.8, 4) is 11.4 Å². The van der Waals surface area contributed by atoms with E-state index in [0.717, 1.165) is 11.3 Å². The average molecular weight is 346 g/mol. The van der Waals surface area contributed by atoms with Gasteiger partial charge in [-0.15, -0.1) is 5.10 Å². The SMILES string of the molecule is c1coc(Cn2nnnc2SCc2nc(-c3ccsc3)no2)c1. The Morgan fingerprint density at radius 3 is 3.13 bits per heavy atom. The predicted octanol–water partition coefficient (Wildman–Crippen LogP) is 2.72. The highest BCUT2D eigenvalue weighted by atomic mass is 32.2. The molecule has 4 aromatic rings. The third-order valence-corrected chi connectivity index (χ3v) is 4.58. The summed E-state index contributed by atoms with van der Waals surface area (Å²) in [5.74, 6) is 2.41. The minimum Gasteiger partial charge on any atom is -0.467 e. The lowest BCUT2D eigenvalue weighted by molar-refractivity contribution is 0.391. The van der Waals surface area contributed by atoms with Gasteiger partial charge in [0.05, 0.1) is 12.0 Å². The first-order valence-corrected chi connectivity index (χ1v) is 8.58. The van der Waals surface area contributed by atoms with Gasteiger partial charge in [0.15, 0.2) is 0 Å². The lowest BCUT2D eigenvalue weighted by atomic mass is 10.3. The van der Waals surface area contributed by atoms with Crippen LogP contribution in [0.5, 0.6) is 0 Å². The lowest BCUT2D eigenvalue weighted by Gasteiger charge is -2.00. The fourth-order valence-corrected chi connectivity index (χ4v) is 3.25. The number of tetrazole rings is 1. The number of furan rings is 1. The van der Waals surface area contributed by atoms with E-state index in [4.69, 9.17) is 8.94 Å². The highest BCUT2D eigenvalue weighted by Crippen LogP contribution is 2.23. The fourth-order valence-electron chi connectivity index (χ4n) is 1.90. The third kappa shape index (κ3) is 3.17. The second-order valence-corrected chi connectivity index (χ2v) is 6.23. The average Bonchev–Trinajstić information content (AvgIpc) is 3.34. The van der Waals surface area contributed by atoms with Crippen LogP contribution < -0.4 is 0 Å². The van der Waals surface area contributed by atoms with E-state index in [9.17, 15) is 0 Å². The van der Waals surface area contributed by atoms with E-state index in [1.807, 2.05) is 29.0 Å². The number of hydrogen-bond acceptors (Lipinski definition) is 9. The summed E-state index contributed by atoms with van der Waals surface area (Å²) in [6, 6.07) is 5.66. The first-order valence-electron chi connectivity index (χ1n) is 6.65. The summed E-state index contributed by atoms with van der Waals surface area (Å²) in [6.07, 6.45) is 1.62. The molecule has 0 aliphatic rings. The first-order chi connectivity index (χ1) is 11.4. The summed E-state index contributed by atoms with van der Waals surface area (Å²) >= 11 is 3.02. The molecule has 0 unspecified atom stereocenters. The van der Waals surface area contributed by atoms with Gasteiger partial charge in [-0.2, -0.15) is 16.3 Å². The molecule has 0 amide bonds. The van der Waals surface area contributed by atoms with Gasteiger partial charge in [-0.25, -0.2) is 4.68 Å². The largest absolute Gasteiger partial charge is 0.467 e. The van der Waals surface area contributed by atoms with Crippen molar-refractivity contribution in [1.82, 2.24) is 30.3 Å². The zero-order valence-electron chi connectivity index (χ0n) is 11.7. The van der Waals surface area contributed by atoms with Crippen molar-refractivity contribution in [2.24, 2.45) is 0 Å². The molecule has 0 saturated carbocycles. The molecule has 0 atom stereocenters. The van der Waals surface area contributed by atoms with Crippen LogP contribution in [0.4, 0.5) is 0 Å². The molecule has 0 spiro atoms. The van der Waals surface area contributed by atoms with Crippen molar-refractivity contribution in [2.75, 3.05) is 0 Å². The maximum atomic E-state index is 5.30. The molecule has 4 heterocycles. The number of rotatable bonds is 6. The zero-order chi connectivity index (χ0) is 15.5. The molecule has 0 aliphatic carbocycles. The molecule has 0 aliphatic heterocycles. The molecule has 8 nitrogen and oxygen atoms in total. The van der Waals surface area contributed by atoms with Crippen LogP contribution >= 0.6 is 23.1 Å². The molecule has 0 N–H and O–H groups in total. The standard InChI is InChI=1S/C13H10N6O2S2/c1-2-10(20-4-1)6-19-13(15-17-18-19)23-8-11-14-12(16-21-11)9-3-5-22-7-9/h1-5,7H,6,8H2. The van der Waals surface area contributed by atoms with E-state index in [1.165, 1.54) is 11.8 Å². The van der Waals surface area contributed by atoms with Crippen molar-refractivity contribution in [3.63, 3.8) is 0 Å². The molecular formula is C13H10N6O2S2. The molecule has 23 heavy (non-hydrogen) atoms. The molecule has 0 fully saturated rings. The Hall–Kier alpha value is -2.46. The van der Waals surface area contributed by atoms with Gasteiger partial charge < -0.3 is 8.94 Å². The van der Waals surface area contributed by atoms with E-state index < -0.39 is 0 Å². The number of aromatic nitrogens is 6. The fraction of sp³-hybridized carbons (Fsp3) is 0.154. The van der Waals surface area contributed by atoms with Crippen LogP contribution in [0.25, 0.3) is 11.4 Å². The van der Waals surface area contributed by atoms with Gasteiger partial charge in [0, 0.05) is 10.9 Å². The van der Waals surface area contributed by atoms with Crippen LogP contribution in [-0.4, -0.2) is 30.3 Å². The summed E-state index contributed by atoms with van der Waals surface area (Å²) in [7, 11) is 0. The Morgan fingerprint density at radius 1 is 1.30 bits per heavy atom. The van der Waals surface area contributed by atoms with E-state index in [2.05, 4.69) is 25.7 Å². The Labute approximate surface area is 138 Å². The molecule has 0 bridgehead atoms. The van der Waals surface area contributed by atoms with Crippen LogP contribution in [0, 0.1) is 0 Å².